The predicted molar refractivity (Wildman–Crippen MR) is 131 cm³/mol. The molecule has 2 N–H and O–H groups in total. The van der Waals surface area contributed by atoms with Crippen LogP contribution in [0.5, 0.6) is 0 Å². The Labute approximate surface area is 203 Å². The molecule has 11 heteroatoms. The number of ether oxygens (including phenoxy) is 1. The second-order valence-electron chi connectivity index (χ2n) is 8.13. The van der Waals surface area contributed by atoms with Crippen molar-refractivity contribution in [3.05, 3.63) is 75.7 Å². The molecule has 0 bridgehead atoms. The summed E-state index contributed by atoms with van der Waals surface area (Å²) in [5, 5.41) is 2.52. The van der Waals surface area contributed by atoms with E-state index in [0.29, 0.717) is 11.4 Å². The molecule has 3 rings (SSSR count). The number of carbonyl (C=O) groups excluding carboxylic acids is 2. The number of rotatable bonds is 8. The van der Waals surface area contributed by atoms with E-state index in [4.69, 9.17) is 4.74 Å². The fourth-order valence-electron chi connectivity index (χ4n) is 3.35. The first-order valence-electron chi connectivity index (χ1n) is 10.8. The highest BCUT2D eigenvalue weighted by molar-refractivity contribution is 7.89. The molecule has 35 heavy (non-hydrogen) atoms. The number of para-hydroxylation sites is 1. The highest BCUT2D eigenvalue weighted by atomic mass is 32.2. The van der Waals surface area contributed by atoms with Crippen molar-refractivity contribution in [2.45, 2.75) is 38.7 Å². The summed E-state index contributed by atoms with van der Waals surface area (Å²) in [6, 6.07) is 13.5. The van der Waals surface area contributed by atoms with Crippen molar-refractivity contribution in [2.75, 3.05) is 11.9 Å². The highest BCUT2D eigenvalue weighted by Crippen LogP contribution is 2.16. The van der Waals surface area contributed by atoms with Crippen molar-refractivity contribution in [1.29, 1.82) is 0 Å². The maximum Gasteiger partial charge on any atom is 0.321 e. The van der Waals surface area contributed by atoms with Crippen LogP contribution in [0.2, 0.25) is 0 Å². The molecule has 0 spiro atoms. The van der Waals surface area contributed by atoms with Crippen LogP contribution >= 0.6 is 0 Å². The smallest absolute Gasteiger partial charge is 0.321 e. The molecule has 1 heterocycles. The van der Waals surface area contributed by atoms with Gasteiger partial charge >= 0.3 is 5.97 Å². The summed E-state index contributed by atoms with van der Waals surface area (Å²) in [4.78, 5) is 37.8. The van der Waals surface area contributed by atoms with Crippen molar-refractivity contribution in [2.24, 2.45) is 7.05 Å². The number of anilines is 1. The molecule has 0 aliphatic carbocycles. The van der Waals surface area contributed by atoms with Crippen molar-refractivity contribution in [3.63, 3.8) is 0 Å². The largest absolute Gasteiger partial charge is 0.452 e. The number of amides is 1. The number of sulfonamides is 1. The van der Waals surface area contributed by atoms with Gasteiger partial charge in [-0.1, -0.05) is 24.3 Å². The molecule has 186 valence electrons. The summed E-state index contributed by atoms with van der Waals surface area (Å²) in [7, 11) is -2.25. The minimum absolute atomic E-state index is 0.0217. The van der Waals surface area contributed by atoms with E-state index in [1.165, 1.54) is 23.7 Å². The van der Waals surface area contributed by atoms with Gasteiger partial charge in [0.05, 0.1) is 16.3 Å². The van der Waals surface area contributed by atoms with Crippen LogP contribution in [0.4, 0.5) is 5.69 Å². The summed E-state index contributed by atoms with van der Waals surface area (Å²) in [5.74, 6) is -1.66. The Balaban J connectivity index is 1.64. The van der Waals surface area contributed by atoms with Crippen LogP contribution in [0.25, 0.3) is 5.69 Å². The van der Waals surface area contributed by atoms with E-state index in [9.17, 15) is 22.8 Å². The third-order valence-electron chi connectivity index (χ3n) is 5.68. The monoisotopic (exact) mass is 500 g/mol. The normalized spacial score (nSPS) is 12.3. The molecule has 0 unspecified atom stereocenters. The van der Waals surface area contributed by atoms with Gasteiger partial charge in [-0.2, -0.15) is 4.72 Å². The van der Waals surface area contributed by atoms with E-state index in [1.54, 1.807) is 55.9 Å². The van der Waals surface area contributed by atoms with E-state index in [2.05, 4.69) is 10.0 Å². The van der Waals surface area contributed by atoms with E-state index < -0.39 is 40.1 Å². The molecular formula is C24H28N4O6S. The van der Waals surface area contributed by atoms with Gasteiger partial charge in [0.25, 0.3) is 11.5 Å². The zero-order valence-electron chi connectivity index (χ0n) is 20.2. The fourth-order valence-corrected chi connectivity index (χ4v) is 4.40. The van der Waals surface area contributed by atoms with Crippen LogP contribution in [0, 0.1) is 20.8 Å². The van der Waals surface area contributed by atoms with Crippen LogP contribution < -0.4 is 15.6 Å². The summed E-state index contributed by atoms with van der Waals surface area (Å²) < 4.78 is 35.1. The van der Waals surface area contributed by atoms with Gasteiger partial charge in [-0.25, -0.2) is 13.1 Å². The quantitative estimate of drug-likeness (QED) is 0.455. The number of aromatic nitrogens is 2. The van der Waals surface area contributed by atoms with Crippen LogP contribution in [-0.4, -0.2) is 42.3 Å². The van der Waals surface area contributed by atoms with Crippen LogP contribution in [0.3, 0.4) is 0 Å². The maximum absolute atomic E-state index is 12.9. The molecule has 1 aromatic heterocycles. The minimum atomic E-state index is -3.94. The molecule has 1 amide bonds. The Bertz CT molecular complexity index is 1420. The lowest BCUT2D eigenvalue weighted by Gasteiger charge is -2.14. The first-order chi connectivity index (χ1) is 16.4. The van der Waals surface area contributed by atoms with Gasteiger partial charge in [0.15, 0.2) is 6.10 Å². The van der Waals surface area contributed by atoms with Crippen molar-refractivity contribution in [1.82, 2.24) is 14.1 Å². The first kappa shape index (κ1) is 25.9. The molecular weight excluding hydrogens is 472 g/mol. The van der Waals surface area contributed by atoms with Crippen LogP contribution in [0.15, 0.2) is 58.2 Å². The molecule has 2 aromatic carbocycles. The molecule has 0 fully saturated rings. The standard InChI is InChI=1S/C24H28N4O6S/c1-15-11-12-20(13-16(15)2)35(32,33)25-14-21(29)34-18(4)23(30)26-22-17(3)27(5)28(24(22)31)19-9-7-6-8-10-19/h6-13,18,25H,14H2,1-5H3,(H,26,30)/t18-/m0/s1. The SMILES string of the molecule is Cc1ccc(S(=O)(=O)NCC(=O)O[C@@H](C)C(=O)Nc2c(C)n(C)n(-c3ccccc3)c2=O)cc1C. The number of nitrogens with zero attached hydrogens (tertiary/aromatic N) is 2. The first-order valence-corrected chi connectivity index (χ1v) is 12.3. The second-order valence-corrected chi connectivity index (χ2v) is 9.90. The predicted octanol–water partition coefficient (Wildman–Crippen LogP) is 1.95. The van der Waals surface area contributed by atoms with E-state index >= 15 is 0 Å². The van der Waals surface area contributed by atoms with E-state index in [1.807, 2.05) is 13.0 Å². The number of esters is 1. The molecule has 0 aliphatic rings. The van der Waals surface area contributed by atoms with Gasteiger partial charge in [-0.3, -0.25) is 19.1 Å². The number of nitrogens with one attached hydrogen (secondary N) is 2. The molecule has 10 nitrogen and oxygen atoms in total. The summed E-state index contributed by atoms with van der Waals surface area (Å²) in [6.45, 7) is 5.99. The average Bonchev–Trinajstić information content (AvgIpc) is 3.03. The summed E-state index contributed by atoms with van der Waals surface area (Å²) >= 11 is 0. The van der Waals surface area contributed by atoms with Gasteiger partial charge in [0, 0.05) is 7.05 Å². The van der Waals surface area contributed by atoms with Gasteiger partial charge in [-0.05, 0) is 63.1 Å². The molecule has 0 radical (unpaired) electrons. The maximum atomic E-state index is 12.9. The summed E-state index contributed by atoms with van der Waals surface area (Å²) in [5.41, 5.74) is 2.48. The van der Waals surface area contributed by atoms with Crippen LogP contribution in [-0.2, 0) is 31.4 Å². The van der Waals surface area contributed by atoms with Gasteiger partial charge < -0.3 is 10.1 Å². The molecule has 0 saturated heterocycles. The van der Waals surface area contributed by atoms with Gasteiger partial charge in [0.1, 0.15) is 12.2 Å². The fraction of sp³-hybridized carbons (Fsp3) is 0.292. The topological polar surface area (TPSA) is 128 Å². The molecule has 0 aliphatic heterocycles. The van der Waals surface area contributed by atoms with Gasteiger partial charge in [-0.15, -0.1) is 0 Å². The van der Waals surface area contributed by atoms with Crippen LogP contribution in [0.1, 0.15) is 23.7 Å². The Morgan fingerprint density at radius 3 is 2.31 bits per heavy atom. The number of aryl methyl sites for hydroxylation is 2. The Kier molecular flexibility index (Phi) is 7.61. The number of carbonyl (C=O) groups is 2. The average molecular weight is 501 g/mol. The summed E-state index contributed by atoms with van der Waals surface area (Å²) in [6.07, 6.45) is -1.27. The van der Waals surface area contributed by atoms with Gasteiger partial charge in [0.2, 0.25) is 10.0 Å². The minimum Gasteiger partial charge on any atom is -0.452 e. The lowest BCUT2D eigenvalue weighted by atomic mass is 10.1. The third kappa shape index (κ3) is 5.69. The van der Waals surface area contributed by atoms with E-state index in [-0.39, 0.29) is 10.6 Å². The van der Waals surface area contributed by atoms with Crippen molar-refractivity contribution in [3.8, 4) is 5.69 Å². The Morgan fingerprint density at radius 1 is 1.03 bits per heavy atom. The lowest BCUT2D eigenvalue weighted by molar-refractivity contribution is -0.151. The number of hydrogen-bond donors (Lipinski definition) is 2. The number of hydrogen-bond acceptors (Lipinski definition) is 6. The molecule has 3 aromatic rings. The lowest BCUT2D eigenvalue weighted by Crippen LogP contribution is -2.36. The van der Waals surface area contributed by atoms with E-state index in [0.717, 1.165) is 11.1 Å². The molecule has 1 atom stereocenters. The Hall–Kier alpha value is -3.70. The van der Waals surface area contributed by atoms with Crippen molar-refractivity contribution < 1.29 is 22.7 Å². The second kappa shape index (κ2) is 10.3. The zero-order chi connectivity index (χ0) is 25.9. The highest BCUT2D eigenvalue weighted by Gasteiger charge is 2.24. The Morgan fingerprint density at radius 2 is 1.69 bits per heavy atom. The third-order valence-corrected chi connectivity index (χ3v) is 7.07. The molecule has 0 saturated carbocycles. The zero-order valence-corrected chi connectivity index (χ0v) is 21.0. The van der Waals surface area contributed by atoms with Crippen molar-refractivity contribution >= 4 is 27.6 Å². The number of benzene rings is 2.